The van der Waals surface area contributed by atoms with E-state index >= 15 is 0 Å². The smallest absolute Gasteiger partial charge is 0.268 e. The molecule has 2 aromatic carbocycles. The van der Waals surface area contributed by atoms with Crippen molar-refractivity contribution in [2.24, 2.45) is 7.05 Å². The molecule has 5 rings (SSSR count). The van der Waals surface area contributed by atoms with Crippen molar-refractivity contribution in [3.63, 3.8) is 0 Å². The van der Waals surface area contributed by atoms with Gasteiger partial charge in [-0.05, 0) is 24.3 Å². The lowest BCUT2D eigenvalue weighted by Gasteiger charge is -2.13. The summed E-state index contributed by atoms with van der Waals surface area (Å²) < 4.78 is 7.92. The van der Waals surface area contributed by atoms with Crippen molar-refractivity contribution in [2.75, 3.05) is 6.54 Å². The molecule has 0 bridgehead atoms. The highest BCUT2D eigenvalue weighted by molar-refractivity contribution is 6.32. The number of hydrogen-bond acceptors (Lipinski definition) is 4. The van der Waals surface area contributed by atoms with Crippen LogP contribution < -0.4 is 10.1 Å². The van der Waals surface area contributed by atoms with Gasteiger partial charge in [0.1, 0.15) is 17.5 Å². The minimum absolute atomic E-state index is 0.125. The van der Waals surface area contributed by atoms with Crippen LogP contribution in [0.15, 0.2) is 61.1 Å². The third-order valence-corrected chi connectivity index (χ3v) is 5.67. The fourth-order valence-corrected chi connectivity index (χ4v) is 4.18. The maximum Gasteiger partial charge on any atom is 0.268 e. The van der Waals surface area contributed by atoms with Crippen molar-refractivity contribution >= 4 is 28.4 Å². The molecular formula is C23H19ClN4O2. The molecule has 1 amide bonds. The molecule has 0 fully saturated rings. The van der Waals surface area contributed by atoms with Crippen LogP contribution in [0, 0.1) is 0 Å². The van der Waals surface area contributed by atoms with Gasteiger partial charge in [-0.3, -0.25) is 14.8 Å². The number of aromatic nitrogens is 3. The monoisotopic (exact) mass is 418 g/mol. The molecule has 0 radical (unpaired) electrons. The Kier molecular flexibility index (Phi) is 4.64. The predicted octanol–water partition coefficient (Wildman–Crippen LogP) is 4.02. The Bertz CT molecular complexity index is 1250. The first-order valence-corrected chi connectivity index (χ1v) is 10.1. The van der Waals surface area contributed by atoms with E-state index in [1.165, 1.54) is 0 Å². The van der Waals surface area contributed by atoms with Crippen LogP contribution in [0.5, 0.6) is 5.75 Å². The molecule has 0 spiro atoms. The zero-order valence-corrected chi connectivity index (χ0v) is 17.1. The van der Waals surface area contributed by atoms with Crippen molar-refractivity contribution in [1.82, 2.24) is 19.9 Å². The molecule has 2 aromatic heterocycles. The van der Waals surface area contributed by atoms with Crippen molar-refractivity contribution < 1.29 is 9.53 Å². The van der Waals surface area contributed by atoms with Gasteiger partial charge in [-0.1, -0.05) is 29.8 Å². The molecule has 0 saturated carbocycles. The minimum Gasteiger partial charge on any atom is -0.486 e. The molecule has 0 saturated heterocycles. The van der Waals surface area contributed by atoms with E-state index in [2.05, 4.69) is 15.3 Å². The number of fused-ring (bicyclic) bond motifs is 2. The first-order chi connectivity index (χ1) is 14.6. The Labute approximate surface area is 178 Å². The zero-order chi connectivity index (χ0) is 20.7. The number of para-hydroxylation sites is 1. The number of carbonyl (C=O) groups excluding carboxylic acids is 1. The van der Waals surface area contributed by atoms with Crippen molar-refractivity contribution in [3.05, 3.63) is 77.3 Å². The second-order valence-electron chi connectivity index (χ2n) is 7.34. The van der Waals surface area contributed by atoms with Crippen molar-refractivity contribution in [3.8, 4) is 17.0 Å². The third-order valence-electron chi connectivity index (χ3n) is 5.39. The highest BCUT2D eigenvalue weighted by atomic mass is 35.5. The van der Waals surface area contributed by atoms with Crippen LogP contribution in [0.3, 0.4) is 0 Å². The van der Waals surface area contributed by atoms with Gasteiger partial charge in [0.15, 0.2) is 0 Å². The Morgan fingerprint density at radius 3 is 2.93 bits per heavy atom. The van der Waals surface area contributed by atoms with Crippen molar-refractivity contribution in [1.29, 1.82) is 0 Å². The van der Waals surface area contributed by atoms with E-state index in [0.717, 1.165) is 27.7 Å². The summed E-state index contributed by atoms with van der Waals surface area (Å²) in [5, 5.41) is 4.57. The number of carbonyl (C=O) groups is 1. The van der Waals surface area contributed by atoms with Gasteiger partial charge in [-0.15, -0.1) is 0 Å². The normalized spacial score (nSPS) is 15.1. The molecule has 6 nitrogen and oxygen atoms in total. The Balaban J connectivity index is 1.30. The number of aryl methyl sites for hydroxylation is 1. The molecule has 1 atom stereocenters. The summed E-state index contributed by atoms with van der Waals surface area (Å²) in [7, 11) is 1.90. The molecule has 4 aromatic rings. The third kappa shape index (κ3) is 3.29. The fraction of sp³-hybridized carbons (Fsp3) is 0.174. The van der Waals surface area contributed by atoms with Crippen molar-refractivity contribution in [2.45, 2.75) is 12.5 Å². The SMILES string of the molecule is Cn1c(C(=O)NC[C@@H]2Cc3cc(-c4cnccn4)cc(Cl)c3O2)cc2ccccc21. The molecule has 3 heterocycles. The maximum atomic E-state index is 12.7. The number of halogens is 1. The molecule has 30 heavy (non-hydrogen) atoms. The summed E-state index contributed by atoms with van der Waals surface area (Å²) in [6, 6.07) is 13.7. The number of nitrogens with zero attached hydrogens (tertiary/aromatic N) is 3. The second-order valence-corrected chi connectivity index (χ2v) is 7.75. The minimum atomic E-state index is -0.173. The molecule has 0 unspecified atom stereocenters. The van der Waals surface area contributed by atoms with E-state index in [4.69, 9.17) is 16.3 Å². The zero-order valence-electron chi connectivity index (χ0n) is 16.3. The predicted molar refractivity (Wildman–Crippen MR) is 116 cm³/mol. The van der Waals surface area contributed by atoms with Crippen LogP contribution in [0.1, 0.15) is 16.1 Å². The fourth-order valence-electron chi connectivity index (χ4n) is 3.90. The van der Waals surface area contributed by atoms with E-state index in [1.54, 1.807) is 18.6 Å². The number of rotatable bonds is 4. The average molecular weight is 419 g/mol. The highest BCUT2D eigenvalue weighted by Gasteiger charge is 2.27. The maximum absolute atomic E-state index is 12.7. The summed E-state index contributed by atoms with van der Waals surface area (Å²) in [6.07, 6.45) is 5.48. The lowest BCUT2D eigenvalue weighted by molar-refractivity contribution is 0.0926. The number of hydrogen-bond donors (Lipinski definition) is 1. The van der Waals surface area contributed by atoms with Crippen LogP contribution >= 0.6 is 11.6 Å². The van der Waals surface area contributed by atoms with Gasteiger partial charge in [-0.25, -0.2) is 0 Å². The second kappa shape index (κ2) is 7.46. The molecule has 1 aliphatic heterocycles. The van der Waals surface area contributed by atoms with E-state index in [0.29, 0.717) is 29.4 Å². The van der Waals surface area contributed by atoms with Gasteiger partial charge in [-0.2, -0.15) is 0 Å². The Hall–Kier alpha value is -3.38. The van der Waals surface area contributed by atoms with Gasteiger partial charge in [0.2, 0.25) is 0 Å². The van der Waals surface area contributed by atoms with Gasteiger partial charge < -0.3 is 14.6 Å². The Morgan fingerprint density at radius 1 is 1.27 bits per heavy atom. The lowest BCUT2D eigenvalue weighted by atomic mass is 10.0. The first-order valence-electron chi connectivity index (χ1n) is 9.68. The van der Waals surface area contributed by atoms with E-state index < -0.39 is 0 Å². The molecule has 7 heteroatoms. The Morgan fingerprint density at radius 2 is 2.13 bits per heavy atom. The van der Waals surface area contributed by atoms with Gasteiger partial charge in [0.05, 0.1) is 23.5 Å². The highest BCUT2D eigenvalue weighted by Crippen LogP contribution is 2.39. The molecule has 1 N–H and O–H groups in total. The summed E-state index contributed by atoms with van der Waals surface area (Å²) >= 11 is 6.45. The number of amides is 1. The van der Waals surface area contributed by atoms with Crippen LogP contribution in [0.4, 0.5) is 0 Å². The molecule has 150 valence electrons. The summed E-state index contributed by atoms with van der Waals surface area (Å²) in [5.41, 5.74) is 4.31. The van der Waals surface area contributed by atoms with Crippen LogP contribution in [-0.4, -0.2) is 33.1 Å². The van der Waals surface area contributed by atoms with E-state index in [-0.39, 0.29) is 12.0 Å². The lowest BCUT2D eigenvalue weighted by Crippen LogP contribution is -2.35. The van der Waals surface area contributed by atoms with E-state index in [9.17, 15) is 4.79 Å². The first kappa shape index (κ1) is 18.6. The van der Waals surface area contributed by atoms with Gasteiger partial charge in [0, 0.05) is 47.9 Å². The molecule has 0 aliphatic carbocycles. The summed E-state index contributed by atoms with van der Waals surface area (Å²) in [6.45, 7) is 0.395. The largest absolute Gasteiger partial charge is 0.486 e. The van der Waals surface area contributed by atoms with Crippen LogP contribution in [0.25, 0.3) is 22.2 Å². The van der Waals surface area contributed by atoms with Gasteiger partial charge in [0.25, 0.3) is 5.91 Å². The average Bonchev–Trinajstić information content (AvgIpc) is 3.34. The van der Waals surface area contributed by atoms with E-state index in [1.807, 2.05) is 54.1 Å². The number of benzene rings is 2. The molecule has 1 aliphatic rings. The van der Waals surface area contributed by atoms with Crippen LogP contribution in [-0.2, 0) is 13.5 Å². The standard InChI is InChI=1S/C23H19ClN4O2/c1-28-20-5-3-2-4-14(20)11-21(28)23(29)27-12-17-9-16-8-15(10-18(24)22(16)30-17)19-13-25-6-7-26-19/h2-8,10-11,13,17H,9,12H2,1H3,(H,27,29)/t17-/m0/s1. The summed E-state index contributed by atoms with van der Waals surface area (Å²) in [4.78, 5) is 21.2. The van der Waals surface area contributed by atoms with Gasteiger partial charge >= 0.3 is 0 Å². The van der Waals surface area contributed by atoms with Crippen LogP contribution in [0.2, 0.25) is 5.02 Å². The summed E-state index contributed by atoms with van der Waals surface area (Å²) in [5.74, 6) is 0.549. The number of ether oxygens (including phenoxy) is 1. The topological polar surface area (TPSA) is 69.0 Å². The molecular weight excluding hydrogens is 400 g/mol. The quantitative estimate of drug-likeness (QED) is 0.543. The number of nitrogens with one attached hydrogen (secondary N) is 1.